The molecule has 0 aromatic carbocycles. The minimum atomic E-state index is -0.0903. The Balaban J connectivity index is 1.79. The zero-order valence-corrected chi connectivity index (χ0v) is 15.5. The Hall–Kier alpha value is -1.34. The average Bonchev–Trinajstić information content (AvgIpc) is 2.62. The molecule has 0 aromatic rings. The van der Waals surface area contributed by atoms with Crippen molar-refractivity contribution in [2.24, 2.45) is 10.9 Å². The van der Waals surface area contributed by atoms with Gasteiger partial charge < -0.3 is 19.7 Å². The third-order valence-corrected chi connectivity index (χ3v) is 5.08. The third kappa shape index (κ3) is 4.83. The van der Waals surface area contributed by atoms with Crippen molar-refractivity contribution in [3.05, 3.63) is 0 Å². The Morgan fingerprint density at radius 2 is 2.08 bits per heavy atom. The number of morpholine rings is 1. The highest BCUT2D eigenvalue weighted by Gasteiger charge is 2.28. The molecule has 7 heteroatoms. The number of ether oxygens (including phenoxy) is 2. The number of likely N-dealkylation sites (tertiary alicyclic amines) is 1. The molecule has 0 spiro atoms. The van der Waals surface area contributed by atoms with E-state index in [9.17, 15) is 4.79 Å². The van der Waals surface area contributed by atoms with E-state index in [1.807, 2.05) is 7.05 Å². The average molecular weight is 340 g/mol. The van der Waals surface area contributed by atoms with Crippen molar-refractivity contribution < 1.29 is 14.3 Å². The standard InChI is InChI=1S/C17H32N4O3/c1-13(21-9-10-24-12-14(21)2)11-19-17(18-3)20-7-5-15(6-8-20)16(22)23-4/h13-15H,5-12H2,1-4H3,(H,18,19). The highest BCUT2D eigenvalue weighted by atomic mass is 16.5. The Morgan fingerprint density at radius 1 is 1.38 bits per heavy atom. The summed E-state index contributed by atoms with van der Waals surface area (Å²) in [4.78, 5) is 20.8. The van der Waals surface area contributed by atoms with Gasteiger partial charge in [0.05, 0.1) is 26.2 Å². The highest BCUT2D eigenvalue weighted by molar-refractivity contribution is 5.80. The smallest absolute Gasteiger partial charge is 0.308 e. The van der Waals surface area contributed by atoms with Crippen LogP contribution in [0.2, 0.25) is 0 Å². The van der Waals surface area contributed by atoms with Crippen LogP contribution in [0.3, 0.4) is 0 Å². The van der Waals surface area contributed by atoms with Crippen molar-refractivity contribution in [3.8, 4) is 0 Å². The lowest BCUT2D eigenvalue weighted by Gasteiger charge is -2.39. The quantitative estimate of drug-likeness (QED) is 0.458. The van der Waals surface area contributed by atoms with Crippen LogP contribution >= 0.6 is 0 Å². The maximum Gasteiger partial charge on any atom is 0.308 e. The lowest BCUT2D eigenvalue weighted by atomic mass is 9.97. The van der Waals surface area contributed by atoms with Crippen molar-refractivity contribution in [2.75, 3.05) is 53.6 Å². The van der Waals surface area contributed by atoms with Crippen molar-refractivity contribution in [1.82, 2.24) is 15.1 Å². The van der Waals surface area contributed by atoms with Gasteiger partial charge in [-0.05, 0) is 26.7 Å². The van der Waals surface area contributed by atoms with Crippen LogP contribution in [0.5, 0.6) is 0 Å². The first kappa shape index (κ1) is 19.0. The van der Waals surface area contributed by atoms with Gasteiger partial charge in [0.15, 0.2) is 5.96 Å². The summed E-state index contributed by atoms with van der Waals surface area (Å²) < 4.78 is 10.4. The minimum Gasteiger partial charge on any atom is -0.469 e. The number of esters is 1. The maximum absolute atomic E-state index is 11.6. The summed E-state index contributed by atoms with van der Waals surface area (Å²) in [6.07, 6.45) is 1.65. The third-order valence-electron chi connectivity index (χ3n) is 5.08. The highest BCUT2D eigenvalue weighted by Crippen LogP contribution is 2.18. The van der Waals surface area contributed by atoms with E-state index >= 15 is 0 Å². The molecule has 2 aliphatic heterocycles. The molecule has 2 heterocycles. The molecule has 138 valence electrons. The Kier molecular flexibility index (Phi) is 7.30. The van der Waals surface area contributed by atoms with Crippen LogP contribution in [0.15, 0.2) is 4.99 Å². The summed E-state index contributed by atoms with van der Waals surface area (Å²) in [5.41, 5.74) is 0. The van der Waals surface area contributed by atoms with Crippen molar-refractivity contribution >= 4 is 11.9 Å². The fourth-order valence-electron chi connectivity index (χ4n) is 3.58. The van der Waals surface area contributed by atoms with Gasteiger partial charge in [0.2, 0.25) is 0 Å². The van der Waals surface area contributed by atoms with E-state index < -0.39 is 0 Å². The van der Waals surface area contributed by atoms with Gasteiger partial charge in [0.25, 0.3) is 0 Å². The summed E-state index contributed by atoms with van der Waals surface area (Å²) in [6, 6.07) is 0.877. The van der Waals surface area contributed by atoms with Crippen molar-refractivity contribution in [1.29, 1.82) is 0 Å². The van der Waals surface area contributed by atoms with Crippen LogP contribution in [0.25, 0.3) is 0 Å². The second-order valence-electron chi connectivity index (χ2n) is 6.72. The number of hydrogen-bond donors (Lipinski definition) is 1. The van der Waals surface area contributed by atoms with E-state index in [2.05, 4.69) is 34.0 Å². The first-order valence-electron chi connectivity index (χ1n) is 8.93. The van der Waals surface area contributed by atoms with Gasteiger partial charge in [0.1, 0.15) is 0 Å². The number of carbonyl (C=O) groups is 1. The van der Waals surface area contributed by atoms with E-state index in [0.29, 0.717) is 12.1 Å². The molecule has 2 atom stereocenters. The van der Waals surface area contributed by atoms with Gasteiger partial charge in [-0.25, -0.2) is 0 Å². The number of methoxy groups -OCH3 is 1. The molecule has 0 bridgehead atoms. The Morgan fingerprint density at radius 3 is 2.67 bits per heavy atom. The molecule has 0 amide bonds. The van der Waals surface area contributed by atoms with Crippen LogP contribution in [0.1, 0.15) is 26.7 Å². The molecule has 0 saturated carbocycles. The predicted octanol–water partition coefficient (Wildman–Crippen LogP) is 0.556. The van der Waals surface area contributed by atoms with E-state index in [4.69, 9.17) is 9.47 Å². The first-order chi connectivity index (χ1) is 11.6. The Labute approximate surface area is 145 Å². The predicted molar refractivity (Wildman–Crippen MR) is 94.1 cm³/mol. The van der Waals surface area contributed by atoms with Crippen LogP contribution in [0, 0.1) is 5.92 Å². The minimum absolute atomic E-state index is 0.0254. The van der Waals surface area contributed by atoms with Crippen LogP contribution < -0.4 is 5.32 Å². The van der Waals surface area contributed by atoms with Gasteiger partial charge >= 0.3 is 5.97 Å². The normalized spacial score (nSPS) is 25.4. The fraction of sp³-hybridized carbons (Fsp3) is 0.882. The number of nitrogens with zero attached hydrogens (tertiary/aromatic N) is 3. The second-order valence-corrected chi connectivity index (χ2v) is 6.72. The Bertz CT molecular complexity index is 436. The molecule has 0 aromatic heterocycles. The topological polar surface area (TPSA) is 66.4 Å². The SMILES string of the molecule is CN=C(NCC(C)N1CCOCC1C)N1CCC(C(=O)OC)CC1. The van der Waals surface area contributed by atoms with E-state index in [0.717, 1.165) is 58.2 Å². The summed E-state index contributed by atoms with van der Waals surface area (Å²) in [5.74, 6) is 0.857. The zero-order chi connectivity index (χ0) is 17.5. The molecular weight excluding hydrogens is 308 g/mol. The molecular formula is C17H32N4O3. The molecule has 2 fully saturated rings. The monoisotopic (exact) mass is 340 g/mol. The molecule has 2 unspecified atom stereocenters. The molecule has 0 aliphatic carbocycles. The van der Waals surface area contributed by atoms with Crippen LogP contribution in [0.4, 0.5) is 0 Å². The summed E-state index contributed by atoms with van der Waals surface area (Å²) in [5, 5.41) is 3.49. The van der Waals surface area contributed by atoms with Crippen LogP contribution in [-0.2, 0) is 14.3 Å². The molecule has 24 heavy (non-hydrogen) atoms. The molecule has 2 aliphatic rings. The fourth-order valence-corrected chi connectivity index (χ4v) is 3.58. The van der Waals surface area contributed by atoms with Gasteiger partial charge in [-0.1, -0.05) is 0 Å². The number of nitrogens with one attached hydrogen (secondary N) is 1. The summed E-state index contributed by atoms with van der Waals surface area (Å²) in [7, 11) is 3.28. The maximum atomic E-state index is 11.6. The van der Waals surface area contributed by atoms with E-state index in [1.165, 1.54) is 7.11 Å². The summed E-state index contributed by atoms with van der Waals surface area (Å²) >= 11 is 0. The van der Waals surface area contributed by atoms with Gasteiger partial charge in [-0.3, -0.25) is 14.7 Å². The van der Waals surface area contributed by atoms with Gasteiger partial charge in [-0.15, -0.1) is 0 Å². The van der Waals surface area contributed by atoms with Crippen molar-refractivity contribution in [2.45, 2.75) is 38.8 Å². The van der Waals surface area contributed by atoms with Crippen molar-refractivity contribution in [3.63, 3.8) is 0 Å². The lowest BCUT2D eigenvalue weighted by Crippen LogP contribution is -2.54. The second kappa shape index (κ2) is 9.22. The molecule has 0 radical (unpaired) electrons. The molecule has 2 saturated heterocycles. The summed E-state index contributed by atoms with van der Waals surface area (Å²) in [6.45, 7) is 9.57. The number of carbonyl (C=O) groups excluding carboxylic acids is 1. The number of guanidine groups is 1. The number of rotatable bonds is 4. The zero-order valence-electron chi connectivity index (χ0n) is 15.5. The number of aliphatic imine (C=N–C) groups is 1. The molecule has 1 N–H and O–H groups in total. The van der Waals surface area contributed by atoms with Crippen LogP contribution in [-0.4, -0.2) is 87.4 Å². The first-order valence-corrected chi connectivity index (χ1v) is 8.93. The number of piperidine rings is 1. The van der Waals surface area contributed by atoms with E-state index in [-0.39, 0.29) is 11.9 Å². The van der Waals surface area contributed by atoms with Gasteiger partial charge in [-0.2, -0.15) is 0 Å². The molecule has 2 rings (SSSR count). The number of hydrogen-bond acceptors (Lipinski definition) is 5. The van der Waals surface area contributed by atoms with E-state index in [1.54, 1.807) is 0 Å². The molecule has 7 nitrogen and oxygen atoms in total. The lowest BCUT2D eigenvalue weighted by molar-refractivity contribution is -0.146. The largest absolute Gasteiger partial charge is 0.469 e. The van der Waals surface area contributed by atoms with Gasteiger partial charge in [0, 0.05) is 45.3 Å².